The Kier molecular flexibility index (Phi) is 5.86. The predicted molar refractivity (Wildman–Crippen MR) is 111 cm³/mol. The lowest BCUT2D eigenvalue weighted by atomic mass is 9.49. The van der Waals surface area contributed by atoms with Crippen LogP contribution in [0.2, 0.25) is 0 Å². The average molecular weight is 442 g/mol. The van der Waals surface area contributed by atoms with E-state index in [9.17, 15) is 10.1 Å². The summed E-state index contributed by atoms with van der Waals surface area (Å²) in [5.41, 5.74) is -0.0517. The number of aliphatic hydroxyl groups is 3. The Balaban J connectivity index is 1.79. The van der Waals surface area contributed by atoms with Gasteiger partial charge in [0.25, 0.3) is 5.91 Å². The normalized spacial score (nSPS) is 21.1. The zero-order valence-electron chi connectivity index (χ0n) is 18.4. The van der Waals surface area contributed by atoms with Gasteiger partial charge in [-0.2, -0.15) is 5.26 Å². The molecule has 10 nitrogen and oxygen atoms in total. The molecule has 1 aromatic carbocycles. The van der Waals surface area contributed by atoms with E-state index in [1.165, 1.54) is 24.5 Å². The van der Waals surface area contributed by atoms with E-state index < -0.39 is 17.0 Å². The van der Waals surface area contributed by atoms with Gasteiger partial charge >= 0.3 is 6.16 Å². The van der Waals surface area contributed by atoms with Crippen molar-refractivity contribution in [2.45, 2.75) is 52.9 Å². The zero-order valence-corrected chi connectivity index (χ0v) is 18.4. The summed E-state index contributed by atoms with van der Waals surface area (Å²) in [6, 6.07) is 5.80. The molecule has 1 amide bonds. The third-order valence-corrected chi connectivity index (χ3v) is 5.70. The maximum Gasteiger partial charge on any atom is 0.453 e. The number of ether oxygens (including phenoxy) is 2. The highest BCUT2D eigenvalue weighted by Gasteiger charge is 2.64. The minimum absolute atomic E-state index is 0.0182. The summed E-state index contributed by atoms with van der Waals surface area (Å²) in [6.45, 7) is 9.60. The third-order valence-electron chi connectivity index (χ3n) is 5.70. The first-order valence-corrected chi connectivity index (χ1v) is 9.92. The van der Waals surface area contributed by atoms with E-state index in [0.717, 1.165) is 0 Å². The third kappa shape index (κ3) is 4.50. The predicted octanol–water partition coefficient (Wildman–Crippen LogP) is 1.24. The summed E-state index contributed by atoms with van der Waals surface area (Å²) in [4.78, 5) is 20.9. The summed E-state index contributed by atoms with van der Waals surface area (Å²) in [6.07, 6.45) is -0.832. The molecule has 4 N–H and O–H groups in total. The average Bonchev–Trinajstić information content (AvgIpc) is 2.69. The van der Waals surface area contributed by atoms with Crippen molar-refractivity contribution in [3.8, 4) is 17.6 Å². The molecule has 1 aromatic heterocycles. The maximum absolute atomic E-state index is 12.7. The van der Waals surface area contributed by atoms with E-state index in [1.54, 1.807) is 13.0 Å². The van der Waals surface area contributed by atoms with Gasteiger partial charge in [0.2, 0.25) is 0 Å². The van der Waals surface area contributed by atoms with Gasteiger partial charge in [0.1, 0.15) is 29.4 Å². The molecule has 3 rings (SSSR count). The maximum atomic E-state index is 12.7. The fraction of sp³-hybridized carbons (Fsp3) is 0.455. The van der Waals surface area contributed by atoms with E-state index in [4.69, 9.17) is 20.1 Å². The molecule has 0 atom stereocenters. The SMILES string of the molecule is Cc1cnc(C(=O)NC2C(C)(C)C(Oc3ccc(C#N)c(OC(O)(O)O)c3)C2(C)C)cn1. The van der Waals surface area contributed by atoms with Crippen LogP contribution >= 0.6 is 0 Å². The summed E-state index contributed by atoms with van der Waals surface area (Å²) in [7, 11) is 0. The van der Waals surface area contributed by atoms with Crippen LogP contribution in [0.3, 0.4) is 0 Å². The van der Waals surface area contributed by atoms with Gasteiger partial charge in [0.05, 0.1) is 17.5 Å². The van der Waals surface area contributed by atoms with Crippen LogP contribution < -0.4 is 14.8 Å². The first-order valence-electron chi connectivity index (χ1n) is 9.92. The first-order chi connectivity index (χ1) is 14.8. The topological polar surface area (TPSA) is 158 Å². The Morgan fingerprint density at radius 2 is 1.81 bits per heavy atom. The van der Waals surface area contributed by atoms with Crippen LogP contribution in [0.15, 0.2) is 30.6 Å². The van der Waals surface area contributed by atoms with Gasteiger partial charge in [-0.3, -0.25) is 9.78 Å². The highest BCUT2D eigenvalue weighted by molar-refractivity contribution is 5.92. The molecule has 2 aromatic rings. The molecule has 32 heavy (non-hydrogen) atoms. The van der Waals surface area contributed by atoms with Crippen LogP contribution in [-0.4, -0.2) is 49.5 Å². The number of benzene rings is 1. The standard InChI is InChI=1S/C22H26N4O6/c1-12-10-25-15(11-24-12)17(27)26-18-20(2,3)19(21(18,4)5)31-14-7-6-13(9-23)16(8-14)32-22(28,29)30/h6-8,10-11,18-19,28-30H,1-5H3,(H,26,27). The monoisotopic (exact) mass is 442 g/mol. The number of amides is 1. The van der Waals surface area contributed by atoms with Gasteiger partial charge in [-0.15, -0.1) is 0 Å². The summed E-state index contributed by atoms with van der Waals surface area (Å²) >= 11 is 0. The molecule has 0 radical (unpaired) electrons. The summed E-state index contributed by atoms with van der Waals surface area (Å²) in [5.74, 6) is -0.292. The smallest absolute Gasteiger partial charge is 0.453 e. The number of nitriles is 1. The van der Waals surface area contributed by atoms with Crippen molar-refractivity contribution in [3.63, 3.8) is 0 Å². The number of rotatable bonds is 6. The number of aromatic nitrogens is 2. The van der Waals surface area contributed by atoms with Crippen molar-refractivity contribution < 1.29 is 29.6 Å². The Morgan fingerprint density at radius 1 is 1.16 bits per heavy atom. The lowest BCUT2D eigenvalue weighted by Gasteiger charge is -2.63. The molecular formula is C22H26N4O6. The number of nitrogens with zero attached hydrogens (tertiary/aromatic N) is 3. The van der Waals surface area contributed by atoms with Crippen LogP contribution in [0.25, 0.3) is 0 Å². The molecule has 0 spiro atoms. The molecular weight excluding hydrogens is 416 g/mol. The molecule has 0 aliphatic heterocycles. The quantitative estimate of drug-likeness (QED) is 0.483. The minimum atomic E-state index is -3.44. The van der Waals surface area contributed by atoms with Crippen LogP contribution in [0.1, 0.15) is 49.4 Å². The molecule has 0 saturated heterocycles. The fourth-order valence-electron chi connectivity index (χ4n) is 4.55. The van der Waals surface area contributed by atoms with Crippen molar-refractivity contribution >= 4 is 5.91 Å². The Labute approximate surface area is 185 Å². The van der Waals surface area contributed by atoms with E-state index >= 15 is 0 Å². The molecule has 1 heterocycles. The van der Waals surface area contributed by atoms with Gasteiger partial charge in [-0.05, 0) is 19.1 Å². The number of carbonyl (C=O) groups is 1. The number of nitrogens with one attached hydrogen (secondary N) is 1. The van der Waals surface area contributed by atoms with E-state index in [-0.39, 0.29) is 35.1 Å². The Morgan fingerprint density at radius 3 is 2.34 bits per heavy atom. The Hall–Kier alpha value is -3.26. The molecule has 1 aliphatic carbocycles. The van der Waals surface area contributed by atoms with Gasteiger partial charge in [0, 0.05) is 29.1 Å². The lowest BCUT2D eigenvalue weighted by Crippen LogP contribution is -2.74. The fourth-order valence-corrected chi connectivity index (χ4v) is 4.55. The van der Waals surface area contributed by atoms with Crippen LogP contribution in [0.4, 0.5) is 0 Å². The van der Waals surface area contributed by atoms with Crippen molar-refractivity contribution in [2.24, 2.45) is 10.8 Å². The van der Waals surface area contributed by atoms with Crippen LogP contribution in [-0.2, 0) is 0 Å². The molecule has 10 heteroatoms. The lowest BCUT2D eigenvalue weighted by molar-refractivity contribution is -0.419. The highest BCUT2D eigenvalue weighted by Crippen LogP contribution is 2.55. The number of carbonyl (C=O) groups excluding carboxylic acids is 1. The van der Waals surface area contributed by atoms with E-state index in [1.807, 2.05) is 33.8 Å². The highest BCUT2D eigenvalue weighted by atomic mass is 16.9. The Bertz CT molecular complexity index is 1040. The largest absolute Gasteiger partial charge is 0.489 e. The van der Waals surface area contributed by atoms with Crippen molar-refractivity contribution in [1.82, 2.24) is 15.3 Å². The molecule has 170 valence electrons. The van der Waals surface area contributed by atoms with Gasteiger partial charge in [-0.1, -0.05) is 27.7 Å². The van der Waals surface area contributed by atoms with Crippen LogP contribution in [0, 0.1) is 29.1 Å². The van der Waals surface area contributed by atoms with Crippen LogP contribution in [0.5, 0.6) is 11.5 Å². The molecule has 1 aliphatic rings. The van der Waals surface area contributed by atoms with Gasteiger partial charge < -0.3 is 30.1 Å². The van der Waals surface area contributed by atoms with Crippen molar-refractivity contribution in [3.05, 3.63) is 47.5 Å². The second-order valence-electron chi connectivity index (χ2n) is 9.04. The second-order valence-corrected chi connectivity index (χ2v) is 9.04. The van der Waals surface area contributed by atoms with Gasteiger partial charge in [0.15, 0.2) is 0 Å². The number of aryl methyl sites for hydroxylation is 1. The first kappa shape index (κ1) is 23.4. The second kappa shape index (κ2) is 8.02. The number of hydrogen-bond donors (Lipinski definition) is 4. The minimum Gasteiger partial charge on any atom is -0.489 e. The van der Waals surface area contributed by atoms with Gasteiger partial charge in [-0.25, -0.2) is 4.98 Å². The molecule has 1 fully saturated rings. The zero-order chi connectivity index (χ0) is 23.9. The summed E-state index contributed by atoms with van der Waals surface area (Å²) in [5, 5.41) is 39.5. The van der Waals surface area contributed by atoms with E-state index in [0.29, 0.717) is 11.4 Å². The summed E-state index contributed by atoms with van der Waals surface area (Å²) < 4.78 is 10.8. The molecule has 0 unspecified atom stereocenters. The van der Waals surface area contributed by atoms with E-state index in [2.05, 4.69) is 20.0 Å². The number of hydrogen-bond acceptors (Lipinski definition) is 9. The van der Waals surface area contributed by atoms with Crippen molar-refractivity contribution in [2.75, 3.05) is 0 Å². The molecule has 1 saturated carbocycles. The van der Waals surface area contributed by atoms with Crippen molar-refractivity contribution in [1.29, 1.82) is 5.26 Å². The molecule has 0 bridgehead atoms.